The lowest BCUT2D eigenvalue weighted by Gasteiger charge is -2.27. The van der Waals surface area contributed by atoms with Crippen molar-refractivity contribution in [2.24, 2.45) is 11.5 Å². The lowest BCUT2D eigenvalue weighted by molar-refractivity contribution is 0.255. The van der Waals surface area contributed by atoms with Crippen LogP contribution in [0.4, 0.5) is 16.2 Å². The number of carbonyl (C=O) groups excluding carboxylic acids is 1. The van der Waals surface area contributed by atoms with Gasteiger partial charge in [0.1, 0.15) is 5.75 Å². The van der Waals surface area contributed by atoms with Gasteiger partial charge in [-0.05, 0) is 47.9 Å². The molecule has 0 spiro atoms. The number of aromatic nitrogens is 2. The molecule has 5 N–H and O–H groups in total. The van der Waals surface area contributed by atoms with Crippen LogP contribution in [0.15, 0.2) is 48.9 Å². The molecule has 2 heterocycles. The highest BCUT2D eigenvalue weighted by Crippen LogP contribution is 2.36. The highest BCUT2D eigenvalue weighted by molar-refractivity contribution is 6.31. The van der Waals surface area contributed by atoms with Crippen molar-refractivity contribution in [3.8, 4) is 5.75 Å². The number of anilines is 2. The van der Waals surface area contributed by atoms with E-state index in [1.54, 1.807) is 30.7 Å². The van der Waals surface area contributed by atoms with E-state index in [9.17, 15) is 4.79 Å². The number of nitrogens with one attached hydrogen (secondary N) is 1. The lowest BCUT2D eigenvalue weighted by atomic mass is 9.94. The van der Waals surface area contributed by atoms with Crippen LogP contribution in [0.5, 0.6) is 5.75 Å². The fourth-order valence-corrected chi connectivity index (χ4v) is 3.71. The van der Waals surface area contributed by atoms with E-state index in [0.717, 1.165) is 29.0 Å². The highest BCUT2D eigenvalue weighted by atomic mass is 35.5. The second kappa shape index (κ2) is 7.53. The Bertz CT molecular complexity index is 1010. The highest BCUT2D eigenvalue weighted by Gasteiger charge is 2.24. The number of H-pyrrole nitrogens is 1. The van der Waals surface area contributed by atoms with Crippen LogP contribution in [0, 0.1) is 0 Å². The fraction of sp³-hybridized carbons (Fsp3) is 0.200. The van der Waals surface area contributed by atoms with Crippen molar-refractivity contribution in [2.45, 2.75) is 18.9 Å². The van der Waals surface area contributed by atoms with Crippen LogP contribution in [0.1, 0.15) is 22.7 Å². The number of hydrogen-bond donors (Lipinski definition) is 3. The molecule has 4 rings (SSSR count). The topological polar surface area (TPSA) is 110 Å². The number of urea groups is 1. The third-order valence-electron chi connectivity index (χ3n) is 4.90. The minimum absolute atomic E-state index is 0.172. The van der Waals surface area contributed by atoms with E-state index in [2.05, 4.69) is 9.97 Å². The first-order valence-corrected chi connectivity index (χ1v) is 9.26. The standard InChI is InChI=1S/C20H20ClN5O2/c21-17-7-16(2-1-12(17)8-22)26(20(23)27)15-3-4-19-13(6-15)5-14(10-28-19)18-9-24-11-25-18/h1-4,6-7,9,11,14H,5,8,10,22H2,(H2,23,27)(H,24,25). The van der Waals surface area contributed by atoms with Gasteiger partial charge in [-0.2, -0.15) is 0 Å². The van der Waals surface area contributed by atoms with Gasteiger partial charge in [-0.3, -0.25) is 4.90 Å². The Hall–Kier alpha value is -3.03. The lowest BCUT2D eigenvalue weighted by Crippen LogP contribution is -2.31. The number of amides is 2. The molecule has 2 aromatic carbocycles. The summed E-state index contributed by atoms with van der Waals surface area (Å²) in [4.78, 5) is 20.9. The molecule has 2 amide bonds. The van der Waals surface area contributed by atoms with Gasteiger partial charge in [0.2, 0.25) is 0 Å². The predicted molar refractivity (Wildman–Crippen MR) is 108 cm³/mol. The van der Waals surface area contributed by atoms with Crippen LogP contribution in [0.3, 0.4) is 0 Å². The van der Waals surface area contributed by atoms with Crippen molar-refractivity contribution in [3.63, 3.8) is 0 Å². The molecule has 1 unspecified atom stereocenters. The molecular formula is C20H20ClN5O2. The summed E-state index contributed by atoms with van der Waals surface area (Å²) in [7, 11) is 0. The van der Waals surface area contributed by atoms with Crippen LogP contribution in [0.2, 0.25) is 5.02 Å². The van der Waals surface area contributed by atoms with Gasteiger partial charge < -0.3 is 21.2 Å². The first kappa shape index (κ1) is 18.3. The quantitative estimate of drug-likeness (QED) is 0.626. The summed E-state index contributed by atoms with van der Waals surface area (Å²) in [5.74, 6) is 0.978. The molecule has 0 fully saturated rings. The van der Waals surface area contributed by atoms with E-state index in [0.29, 0.717) is 29.5 Å². The van der Waals surface area contributed by atoms with Crippen molar-refractivity contribution < 1.29 is 9.53 Å². The molecule has 3 aromatic rings. The Balaban J connectivity index is 1.68. The number of benzene rings is 2. The number of halogens is 1. The Morgan fingerprint density at radius 1 is 1.29 bits per heavy atom. The molecule has 0 saturated carbocycles. The summed E-state index contributed by atoms with van der Waals surface area (Å²) in [6.07, 6.45) is 4.23. The molecule has 28 heavy (non-hydrogen) atoms. The van der Waals surface area contributed by atoms with Crippen molar-refractivity contribution >= 4 is 29.0 Å². The van der Waals surface area contributed by atoms with E-state index in [4.69, 9.17) is 27.8 Å². The molecule has 1 aliphatic rings. The summed E-state index contributed by atoms with van der Waals surface area (Å²) >= 11 is 6.27. The molecule has 1 aliphatic heterocycles. The maximum atomic E-state index is 12.2. The molecule has 0 radical (unpaired) electrons. The van der Waals surface area contributed by atoms with Gasteiger partial charge in [0.15, 0.2) is 0 Å². The minimum Gasteiger partial charge on any atom is -0.493 e. The number of fused-ring (bicyclic) bond motifs is 1. The second-order valence-electron chi connectivity index (χ2n) is 6.66. The zero-order valence-electron chi connectivity index (χ0n) is 15.1. The number of nitrogens with two attached hydrogens (primary N) is 2. The van der Waals surface area contributed by atoms with E-state index in [-0.39, 0.29) is 5.92 Å². The van der Waals surface area contributed by atoms with Crippen LogP contribution >= 0.6 is 11.6 Å². The van der Waals surface area contributed by atoms with E-state index >= 15 is 0 Å². The molecular weight excluding hydrogens is 378 g/mol. The second-order valence-corrected chi connectivity index (χ2v) is 7.07. The zero-order valence-corrected chi connectivity index (χ0v) is 15.8. The van der Waals surface area contributed by atoms with E-state index in [1.807, 2.05) is 18.2 Å². The maximum absolute atomic E-state index is 12.2. The molecule has 8 heteroatoms. The summed E-state index contributed by atoms with van der Waals surface area (Å²) in [6.45, 7) is 0.894. The molecule has 1 aromatic heterocycles. The van der Waals surface area contributed by atoms with E-state index < -0.39 is 6.03 Å². The monoisotopic (exact) mass is 397 g/mol. The van der Waals surface area contributed by atoms with Gasteiger partial charge in [0.25, 0.3) is 0 Å². The Kier molecular flexibility index (Phi) is 4.93. The first-order chi connectivity index (χ1) is 13.6. The summed E-state index contributed by atoms with van der Waals surface area (Å²) in [5, 5.41) is 0.492. The minimum atomic E-state index is -0.599. The average molecular weight is 398 g/mol. The smallest absolute Gasteiger partial charge is 0.323 e. The third-order valence-corrected chi connectivity index (χ3v) is 5.25. The Morgan fingerprint density at radius 3 is 2.75 bits per heavy atom. The molecule has 0 saturated heterocycles. The molecule has 144 valence electrons. The van der Waals surface area contributed by atoms with Crippen molar-refractivity contribution in [3.05, 3.63) is 70.8 Å². The number of imidazole rings is 1. The van der Waals surface area contributed by atoms with Crippen molar-refractivity contribution in [1.82, 2.24) is 9.97 Å². The van der Waals surface area contributed by atoms with Gasteiger partial charge in [0, 0.05) is 29.4 Å². The Morgan fingerprint density at radius 2 is 2.07 bits per heavy atom. The Labute approximate surface area is 167 Å². The van der Waals surface area contributed by atoms with Crippen LogP contribution in [0.25, 0.3) is 0 Å². The normalized spacial score (nSPS) is 15.6. The molecule has 0 aliphatic carbocycles. The number of aromatic amines is 1. The number of nitrogens with zero attached hydrogens (tertiary/aromatic N) is 2. The van der Waals surface area contributed by atoms with E-state index in [1.165, 1.54) is 4.90 Å². The summed E-state index contributed by atoms with van der Waals surface area (Å²) in [6, 6.07) is 10.3. The largest absolute Gasteiger partial charge is 0.493 e. The SMILES string of the molecule is NCc1ccc(N(C(N)=O)c2ccc3c(c2)CC(c2cnc[nH]2)CO3)cc1Cl. The number of ether oxygens (including phenoxy) is 1. The number of rotatable bonds is 4. The van der Waals surface area contributed by atoms with Gasteiger partial charge in [-0.15, -0.1) is 0 Å². The first-order valence-electron chi connectivity index (χ1n) is 8.89. The number of hydrogen-bond acceptors (Lipinski definition) is 4. The van der Waals surface area contributed by atoms with Crippen LogP contribution < -0.4 is 21.1 Å². The van der Waals surface area contributed by atoms with Crippen molar-refractivity contribution in [2.75, 3.05) is 11.5 Å². The molecule has 1 atom stereocenters. The van der Waals surface area contributed by atoms with Gasteiger partial charge >= 0.3 is 6.03 Å². The maximum Gasteiger partial charge on any atom is 0.323 e. The summed E-state index contributed by atoms with van der Waals surface area (Å²) in [5.41, 5.74) is 15.4. The van der Waals surface area contributed by atoms with Crippen LogP contribution in [-0.4, -0.2) is 22.6 Å². The average Bonchev–Trinajstić information content (AvgIpc) is 3.22. The fourth-order valence-electron chi connectivity index (χ4n) is 3.45. The summed E-state index contributed by atoms with van der Waals surface area (Å²) < 4.78 is 5.89. The molecule has 7 nitrogen and oxygen atoms in total. The van der Waals surface area contributed by atoms with Gasteiger partial charge in [-0.1, -0.05) is 17.7 Å². The van der Waals surface area contributed by atoms with Crippen LogP contribution in [-0.2, 0) is 13.0 Å². The molecule has 0 bridgehead atoms. The van der Waals surface area contributed by atoms with Crippen molar-refractivity contribution in [1.29, 1.82) is 0 Å². The third kappa shape index (κ3) is 3.42. The number of primary amides is 1. The number of carbonyl (C=O) groups is 1. The predicted octanol–water partition coefficient (Wildman–Crippen LogP) is 3.46. The van der Waals surface area contributed by atoms with Gasteiger partial charge in [0.05, 0.1) is 24.3 Å². The zero-order chi connectivity index (χ0) is 19.7. The van der Waals surface area contributed by atoms with Gasteiger partial charge in [-0.25, -0.2) is 9.78 Å².